The second-order valence-corrected chi connectivity index (χ2v) is 6.86. The number of carboxylic acids is 1. The molecule has 1 saturated heterocycles. The number of carboxylic acid groups (broad SMARTS) is 1. The third-order valence-electron chi connectivity index (χ3n) is 4.22. The van der Waals surface area contributed by atoms with Crippen LogP contribution in [0.3, 0.4) is 0 Å². The molecule has 0 aliphatic carbocycles. The van der Waals surface area contributed by atoms with Crippen molar-refractivity contribution in [3.63, 3.8) is 0 Å². The molecule has 0 atom stereocenters. The lowest BCUT2D eigenvalue weighted by Gasteiger charge is -2.10. The summed E-state index contributed by atoms with van der Waals surface area (Å²) in [7, 11) is 1.16. The molecule has 2 heterocycles. The second-order valence-electron chi connectivity index (χ2n) is 6.42. The molecule has 0 bridgehead atoms. The first-order valence-electron chi connectivity index (χ1n) is 8.94. The SMILES string of the molecule is COC(=O)c1ccc(CN2C(=O)N/C(=C\c3cc(Cl)cc([N+](=O)[O-])c3OCC(=O)O)C2=O)o1. The smallest absolute Gasteiger partial charge is 0.373 e. The van der Waals surface area contributed by atoms with E-state index < -0.39 is 46.8 Å². The van der Waals surface area contributed by atoms with Crippen molar-refractivity contribution in [2.75, 3.05) is 13.7 Å². The van der Waals surface area contributed by atoms with Crippen molar-refractivity contribution in [3.8, 4) is 5.75 Å². The average Bonchev–Trinajstić information content (AvgIpc) is 3.32. The fourth-order valence-electron chi connectivity index (χ4n) is 2.83. The van der Waals surface area contributed by atoms with Gasteiger partial charge in [-0.25, -0.2) is 14.4 Å². The third kappa shape index (κ3) is 5.10. The van der Waals surface area contributed by atoms with Crippen LogP contribution in [0.15, 0.2) is 34.4 Å². The van der Waals surface area contributed by atoms with E-state index in [1.807, 2.05) is 0 Å². The first kappa shape index (κ1) is 23.3. The summed E-state index contributed by atoms with van der Waals surface area (Å²) in [4.78, 5) is 58.7. The van der Waals surface area contributed by atoms with Gasteiger partial charge in [0.2, 0.25) is 11.5 Å². The van der Waals surface area contributed by atoms with Crippen LogP contribution in [-0.4, -0.2) is 52.5 Å². The minimum Gasteiger partial charge on any atom is -0.479 e. The van der Waals surface area contributed by atoms with Crippen molar-refractivity contribution in [2.45, 2.75) is 6.54 Å². The molecule has 3 rings (SSSR count). The Morgan fingerprint density at radius 3 is 2.70 bits per heavy atom. The number of imide groups is 1. The molecular formula is C19H14ClN3O10. The summed E-state index contributed by atoms with van der Waals surface area (Å²) in [5.41, 5.74) is -1.02. The van der Waals surface area contributed by atoms with Crippen LogP contribution in [0.4, 0.5) is 10.5 Å². The zero-order chi connectivity index (χ0) is 24.3. The Kier molecular flexibility index (Phi) is 6.63. The van der Waals surface area contributed by atoms with Gasteiger partial charge in [-0.15, -0.1) is 0 Å². The second kappa shape index (κ2) is 9.40. The number of furan rings is 1. The Hall–Kier alpha value is -4.39. The van der Waals surface area contributed by atoms with Crippen LogP contribution in [0.2, 0.25) is 5.02 Å². The molecule has 1 fully saturated rings. The zero-order valence-electron chi connectivity index (χ0n) is 16.7. The number of benzene rings is 1. The highest BCUT2D eigenvalue weighted by Crippen LogP contribution is 2.36. The van der Waals surface area contributed by atoms with E-state index in [9.17, 15) is 29.3 Å². The summed E-state index contributed by atoms with van der Waals surface area (Å²) in [5, 5.41) is 22.4. The van der Waals surface area contributed by atoms with Crippen molar-refractivity contribution in [2.24, 2.45) is 0 Å². The molecule has 1 aromatic heterocycles. The van der Waals surface area contributed by atoms with Crippen molar-refractivity contribution in [3.05, 3.63) is 62.2 Å². The summed E-state index contributed by atoms with van der Waals surface area (Å²) in [6.07, 6.45) is 1.07. The Bertz CT molecular complexity index is 1200. The molecule has 1 aliphatic heterocycles. The molecule has 33 heavy (non-hydrogen) atoms. The zero-order valence-corrected chi connectivity index (χ0v) is 17.5. The van der Waals surface area contributed by atoms with Crippen molar-refractivity contribution in [1.82, 2.24) is 10.2 Å². The Labute approximate surface area is 189 Å². The number of halogens is 1. The van der Waals surface area contributed by atoms with Gasteiger partial charge in [0.1, 0.15) is 11.5 Å². The summed E-state index contributed by atoms with van der Waals surface area (Å²) in [5.74, 6) is -3.41. The van der Waals surface area contributed by atoms with E-state index in [1.54, 1.807) is 0 Å². The van der Waals surface area contributed by atoms with E-state index in [-0.39, 0.29) is 34.3 Å². The highest BCUT2D eigenvalue weighted by Gasteiger charge is 2.35. The number of carbonyl (C=O) groups is 4. The number of nitro groups is 1. The number of ether oxygens (including phenoxy) is 2. The number of hydrogen-bond acceptors (Lipinski definition) is 9. The standard InChI is InChI=1S/C19H14ClN3O10/c1-31-18(27)14-3-2-11(33-14)7-22-17(26)12(21-19(22)28)5-9-4-10(20)6-13(23(29)30)16(9)32-8-15(24)25/h2-6H,7-8H2,1H3,(H,21,28)(H,24,25)/b12-5-. The number of amides is 3. The van der Waals surface area contributed by atoms with Crippen LogP contribution in [0.5, 0.6) is 5.75 Å². The average molecular weight is 480 g/mol. The maximum absolute atomic E-state index is 12.7. The van der Waals surface area contributed by atoms with Gasteiger partial charge in [0.25, 0.3) is 5.91 Å². The first-order valence-corrected chi connectivity index (χ1v) is 9.32. The van der Waals surface area contributed by atoms with Gasteiger partial charge in [-0.2, -0.15) is 0 Å². The number of carbonyl (C=O) groups excluding carboxylic acids is 3. The molecule has 2 aromatic rings. The molecule has 172 valence electrons. The molecule has 3 amide bonds. The van der Waals surface area contributed by atoms with Gasteiger partial charge in [-0.05, 0) is 24.3 Å². The van der Waals surface area contributed by atoms with Crippen molar-refractivity contribution < 1.29 is 43.1 Å². The van der Waals surface area contributed by atoms with Gasteiger partial charge in [0.05, 0.1) is 18.6 Å². The maximum atomic E-state index is 12.7. The van der Waals surface area contributed by atoms with E-state index in [0.717, 1.165) is 24.2 Å². The number of hydrogen-bond donors (Lipinski definition) is 2. The van der Waals surface area contributed by atoms with E-state index in [4.69, 9.17) is 25.9 Å². The lowest BCUT2D eigenvalue weighted by Crippen LogP contribution is -2.30. The predicted octanol–water partition coefficient (Wildman–Crippen LogP) is 2.18. The van der Waals surface area contributed by atoms with Gasteiger partial charge in [-0.1, -0.05) is 11.6 Å². The van der Waals surface area contributed by atoms with Gasteiger partial charge < -0.3 is 24.3 Å². The number of nitro benzene ring substituents is 1. The Balaban J connectivity index is 1.92. The quantitative estimate of drug-likeness (QED) is 0.187. The molecule has 1 aliphatic rings. The third-order valence-corrected chi connectivity index (χ3v) is 4.44. The van der Waals surface area contributed by atoms with E-state index in [0.29, 0.717) is 0 Å². The molecule has 0 radical (unpaired) electrons. The van der Waals surface area contributed by atoms with E-state index in [2.05, 4.69) is 10.1 Å². The minimum atomic E-state index is -1.39. The Morgan fingerprint density at radius 2 is 2.06 bits per heavy atom. The molecular weight excluding hydrogens is 466 g/mol. The number of nitrogens with zero attached hydrogens (tertiary/aromatic N) is 2. The van der Waals surface area contributed by atoms with Crippen LogP contribution in [0, 0.1) is 10.1 Å². The maximum Gasteiger partial charge on any atom is 0.373 e. The summed E-state index contributed by atoms with van der Waals surface area (Å²) in [6.45, 7) is -1.22. The monoisotopic (exact) mass is 479 g/mol. The molecule has 14 heteroatoms. The molecule has 1 aromatic carbocycles. The summed E-state index contributed by atoms with van der Waals surface area (Å²) in [6, 6.07) is 4.03. The number of esters is 1. The number of aliphatic carboxylic acids is 1. The number of urea groups is 1. The van der Waals surface area contributed by atoms with Crippen LogP contribution in [0.25, 0.3) is 6.08 Å². The van der Waals surface area contributed by atoms with Crippen LogP contribution >= 0.6 is 11.6 Å². The predicted molar refractivity (Wildman–Crippen MR) is 108 cm³/mol. The van der Waals surface area contributed by atoms with Gasteiger partial charge in [0.15, 0.2) is 6.61 Å². The van der Waals surface area contributed by atoms with Crippen LogP contribution in [0.1, 0.15) is 21.9 Å². The fourth-order valence-corrected chi connectivity index (χ4v) is 3.05. The molecule has 0 unspecified atom stereocenters. The van der Waals surface area contributed by atoms with Gasteiger partial charge in [-0.3, -0.25) is 19.8 Å². The van der Waals surface area contributed by atoms with Gasteiger partial charge >= 0.3 is 23.7 Å². The summed E-state index contributed by atoms with van der Waals surface area (Å²) >= 11 is 5.92. The largest absolute Gasteiger partial charge is 0.479 e. The highest BCUT2D eigenvalue weighted by atomic mass is 35.5. The first-order chi connectivity index (χ1) is 15.6. The van der Waals surface area contributed by atoms with Crippen LogP contribution < -0.4 is 10.1 Å². The van der Waals surface area contributed by atoms with E-state index >= 15 is 0 Å². The topological polar surface area (TPSA) is 179 Å². The Morgan fingerprint density at radius 1 is 1.33 bits per heavy atom. The minimum absolute atomic E-state index is 0.0872. The number of methoxy groups -OCH3 is 1. The number of rotatable bonds is 8. The highest BCUT2D eigenvalue weighted by molar-refractivity contribution is 6.31. The number of nitrogens with one attached hydrogen (secondary N) is 1. The lowest BCUT2D eigenvalue weighted by atomic mass is 10.1. The normalized spacial score (nSPS) is 14.4. The van der Waals surface area contributed by atoms with Gasteiger partial charge in [0, 0.05) is 16.7 Å². The van der Waals surface area contributed by atoms with Crippen molar-refractivity contribution >= 4 is 47.2 Å². The molecule has 2 N–H and O–H groups in total. The van der Waals surface area contributed by atoms with Crippen molar-refractivity contribution in [1.29, 1.82) is 0 Å². The fraction of sp³-hybridized carbons (Fsp3) is 0.158. The molecule has 13 nitrogen and oxygen atoms in total. The molecule has 0 spiro atoms. The lowest BCUT2D eigenvalue weighted by molar-refractivity contribution is -0.385. The molecule has 0 saturated carbocycles. The van der Waals surface area contributed by atoms with E-state index in [1.165, 1.54) is 18.2 Å². The summed E-state index contributed by atoms with van der Waals surface area (Å²) < 4.78 is 14.8. The van der Waals surface area contributed by atoms with Crippen LogP contribution in [-0.2, 0) is 20.9 Å².